The minimum absolute atomic E-state index is 0.0545. The molecule has 2 aliphatic heterocycles. The van der Waals surface area contributed by atoms with Gasteiger partial charge in [0.25, 0.3) is 0 Å². The van der Waals surface area contributed by atoms with E-state index in [2.05, 4.69) is 35.0 Å². The second kappa shape index (κ2) is 11.0. The van der Waals surface area contributed by atoms with E-state index in [-0.39, 0.29) is 16.7 Å². The number of hydrogen-bond donors (Lipinski definition) is 2. The summed E-state index contributed by atoms with van der Waals surface area (Å²) in [5.41, 5.74) is 0.682. The number of rotatable bonds is 7. The lowest BCUT2D eigenvalue weighted by Gasteiger charge is -2.51. The van der Waals surface area contributed by atoms with Gasteiger partial charge < -0.3 is 29.7 Å². The molecule has 7 heteroatoms. The molecule has 4 unspecified atom stereocenters. The molecule has 2 saturated heterocycles. The minimum Gasteiger partial charge on any atom is -0.495 e. The Hall–Kier alpha value is -1.83. The highest BCUT2D eigenvalue weighted by Gasteiger charge is 2.61. The molecule has 2 heterocycles. The van der Waals surface area contributed by atoms with Crippen LogP contribution in [0, 0.1) is 16.7 Å². The molecule has 4 atom stereocenters. The van der Waals surface area contributed by atoms with E-state index in [1.165, 1.54) is 0 Å². The summed E-state index contributed by atoms with van der Waals surface area (Å²) in [6.07, 6.45) is 7.37. The van der Waals surface area contributed by atoms with E-state index < -0.39 is 5.60 Å². The normalized spacial score (nSPS) is 33.7. The number of nitrogens with one attached hydrogen (secondary N) is 1. The van der Waals surface area contributed by atoms with Gasteiger partial charge in [-0.2, -0.15) is 0 Å². The molecular formula is C31H49N3O4. The van der Waals surface area contributed by atoms with Crippen molar-refractivity contribution >= 4 is 11.6 Å². The van der Waals surface area contributed by atoms with Crippen molar-refractivity contribution in [2.24, 2.45) is 16.7 Å². The number of para-hydroxylation sites is 2. The van der Waals surface area contributed by atoms with Crippen molar-refractivity contribution < 1.29 is 19.4 Å². The summed E-state index contributed by atoms with van der Waals surface area (Å²) in [7, 11) is 1.71. The van der Waals surface area contributed by atoms with Gasteiger partial charge in [-0.05, 0) is 80.8 Å². The van der Waals surface area contributed by atoms with E-state index in [1.54, 1.807) is 7.11 Å². The summed E-state index contributed by atoms with van der Waals surface area (Å²) in [4.78, 5) is 18.0. The third kappa shape index (κ3) is 5.57. The van der Waals surface area contributed by atoms with E-state index in [9.17, 15) is 9.90 Å². The smallest absolute Gasteiger partial charge is 0.222 e. The van der Waals surface area contributed by atoms with Crippen LogP contribution in [0.25, 0.3) is 0 Å². The van der Waals surface area contributed by atoms with Gasteiger partial charge in [-0.1, -0.05) is 26.0 Å². The molecular weight excluding hydrogens is 478 g/mol. The van der Waals surface area contributed by atoms with Gasteiger partial charge in [0.2, 0.25) is 5.91 Å². The maximum Gasteiger partial charge on any atom is 0.222 e. The van der Waals surface area contributed by atoms with Gasteiger partial charge >= 0.3 is 0 Å². The van der Waals surface area contributed by atoms with E-state index in [0.29, 0.717) is 24.4 Å². The Morgan fingerprint density at radius 2 is 1.79 bits per heavy atom. The topological polar surface area (TPSA) is 74.3 Å². The highest BCUT2D eigenvalue weighted by atomic mass is 16.5. The molecule has 7 nitrogen and oxygen atoms in total. The molecule has 212 valence electrons. The lowest BCUT2D eigenvalue weighted by molar-refractivity contribution is -0.133. The molecule has 2 aliphatic carbocycles. The molecule has 0 spiro atoms. The number of benzene rings is 1. The summed E-state index contributed by atoms with van der Waals surface area (Å²) < 4.78 is 11.2. The number of fused-ring (bicyclic) bond motifs is 1. The fraction of sp³-hybridized carbons (Fsp3) is 0.774. The Kier molecular flexibility index (Phi) is 8.01. The third-order valence-electron chi connectivity index (χ3n) is 10.4. The highest BCUT2D eigenvalue weighted by molar-refractivity contribution is 5.76. The van der Waals surface area contributed by atoms with Gasteiger partial charge in [0, 0.05) is 57.9 Å². The van der Waals surface area contributed by atoms with Crippen LogP contribution in [0.1, 0.15) is 72.1 Å². The number of aliphatic hydroxyl groups is 1. The van der Waals surface area contributed by atoms with Gasteiger partial charge in [-0.25, -0.2) is 0 Å². The Balaban J connectivity index is 1.26. The Bertz CT molecular complexity index is 968. The maximum atomic E-state index is 13.6. The fourth-order valence-electron chi connectivity index (χ4n) is 8.20. The van der Waals surface area contributed by atoms with Crippen molar-refractivity contribution in [1.29, 1.82) is 0 Å². The van der Waals surface area contributed by atoms with Crippen LogP contribution in [0.5, 0.6) is 5.75 Å². The number of piperazine rings is 1. The summed E-state index contributed by atoms with van der Waals surface area (Å²) in [6.45, 7) is 11.6. The van der Waals surface area contributed by atoms with E-state index in [4.69, 9.17) is 9.47 Å². The average molecular weight is 528 g/mol. The predicted octanol–water partition coefficient (Wildman–Crippen LogP) is 4.23. The summed E-state index contributed by atoms with van der Waals surface area (Å²) in [5, 5.41) is 15.2. The largest absolute Gasteiger partial charge is 0.495 e. The number of carbonyl (C=O) groups is 1. The van der Waals surface area contributed by atoms with Crippen LogP contribution in [-0.4, -0.2) is 80.1 Å². The molecule has 1 amide bonds. The molecule has 0 bridgehead atoms. The first-order chi connectivity index (χ1) is 18.1. The third-order valence-corrected chi connectivity index (χ3v) is 10.4. The number of hydrogen-bond acceptors (Lipinski definition) is 6. The Morgan fingerprint density at radius 1 is 1.08 bits per heavy atom. The zero-order valence-corrected chi connectivity index (χ0v) is 24.0. The molecule has 1 aromatic rings. The molecule has 0 radical (unpaired) electrons. The first kappa shape index (κ1) is 27.7. The molecule has 5 rings (SSSR count). The molecule has 38 heavy (non-hydrogen) atoms. The molecule has 4 fully saturated rings. The van der Waals surface area contributed by atoms with Crippen molar-refractivity contribution in [2.75, 3.05) is 51.4 Å². The molecule has 2 N–H and O–H groups in total. The molecule has 4 aliphatic rings. The number of nitrogens with zero attached hydrogens (tertiary/aromatic N) is 2. The van der Waals surface area contributed by atoms with Crippen molar-refractivity contribution in [2.45, 2.75) is 89.8 Å². The van der Waals surface area contributed by atoms with Crippen LogP contribution in [-0.2, 0) is 9.53 Å². The zero-order chi connectivity index (χ0) is 27.0. The standard InChI is InChI=1S/C31H49N3O4/c1-29(2)22-27(32-23-10-19-38-20-11-23)31(14-13-30(3,36)21-26(29)31)12-9-28(35)34-17-15-33(16-18-34)24-7-5-6-8-25(24)37-4/h5-8,23,26-27,32,36H,9-22H2,1-4H3. The minimum atomic E-state index is -0.613. The van der Waals surface area contributed by atoms with Gasteiger partial charge in [0.05, 0.1) is 18.4 Å². The number of methoxy groups -OCH3 is 1. The van der Waals surface area contributed by atoms with Gasteiger partial charge in [-0.15, -0.1) is 0 Å². The van der Waals surface area contributed by atoms with Crippen LogP contribution < -0.4 is 15.0 Å². The van der Waals surface area contributed by atoms with E-state index >= 15 is 0 Å². The Labute approximate surface area is 229 Å². The predicted molar refractivity (Wildman–Crippen MR) is 151 cm³/mol. The number of amides is 1. The number of anilines is 1. The SMILES string of the molecule is COc1ccccc1N1CCN(C(=O)CCC23CCC(C)(O)CC2C(C)(C)CC3NC2CCOCC2)CC1. The second-order valence-electron chi connectivity index (χ2n) is 13.3. The second-order valence-corrected chi connectivity index (χ2v) is 13.3. The van der Waals surface area contributed by atoms with Crippen molar-refractivity contribution in [1.82, 2.24) is 10.2 Å². The maximum absolute atomic E-state index is 13.6. The van der Waals surface area contributed by atoms with Crippen LogP contribution in [0.2, 0.25) is 0 Å². The average Bonchev–Trinajstić information content (AvgIpc) is 3.13. The fourth-order valence-corrected chi connectivity index (χ4v) is 8.20. The van der Waals surface area contributed by atoms with Crippen LogP contribution >= 0.6 is 0 Å². The van der Waals surface area contributed by atoms with Gasteiger partial charge in [-0.3, -0.25) is 4.79 Å². The highest BCUT2D eigenvalue weighted by Crippen LogP contribution is 2.64. The van der Waals surface area contributed by atoms with Crippen molar-refractivity contribution in [3.05, 3.63) is 24.3 Å². The van der Waals surface area contributed by atoms with Gasteiger partial charge in [0.15, 0.2) is 0 Å². The monoisotopic (exact) mass is 527 g/mol. The van der Waals surface area contributed by atoms with Crippen molar-refractivity contribution in [3.63, 3.8) is 0 Å². The van der Waals surface area contributed by atoms with E-state index in [0.717, 1.165) is 95.8 Å². The Morgan fingerprint density at radius 3 is 2.50 bits per heavy atom. The van der Waals surface area contributed by atoms with E-state index in [1.807, 2.05) is 25.1 Å². The van der Waals surface area contributed by atoms with Crippen LogP contribution in [0.3, 0.4) is 0 Å². The van der Waals surface area contributed by atoms with Crippen LogP contribution in [0.4, 0.5) is 5.69 Å². The molecule has 1 aromatic carbocycles. The molecule has 2 saturated carbocycles. The summed E-state index contributed by atoms with van der Waals surface area (Å²) >= 11 is 0. The number of ether oxygens (including phenoxy) is 2. The lowest BCUT2D eigenvalue weighted by Crippen LogP contribution is -2.54. The van der Waals surface area contributed by atoms with Crippen LogP contribution in [0.15, 0.2) is 24.3 Å². The molecule has 0 aromatic heterocycles. The first-order valence-electron chi connectivity index (χ1n) is 14.9. The van der Waals surface area contributed by atoms with Crippen molar-refractivity contribution in [3.8, 4) is 5.75 Å². The number of carbonyl (C=O) groups excluding carboxylic acids is 1. The summed E-state index contributed by atoms with van der Waals surface area (Å²) in [5.74, 6) is 1.58. The first-order valence-corrected chi connectivity index (χ1v) is 14.9. The lowest BCUT2D eigenvalue weighted by atomic mass is 9.57. The quantitative estimate of drug-likeness (QED) is 0.553. The zero-order valence-electron chi connectivity index (χ0n) is 24.0. The van der Waals surface area contributed by atoms with Gasteiger partial charge in [0.1, 0.15) is 5.75 Å². The summed E-state index contributed by atoms with van der Waals surface area (Å²) in [6, 6.07) is 9.01.